The van der Waals surface area contributed by atoms with Gasteiger partial charge in [0.25, 0.3) is 0 Å². The van der Waals surface area contributed by atoms with E-state index in [0.717, 1.165) is 22.3 Å². The molecule has 0 amide bonds. The van der Waals surface area contributed by atoms with Crippen LogP contribution in [-0.2, 0) is 32.1 Å². The third kappa shape index (κ3) is 7.47. The molecule has 4 aromatic rings. The molecule has 7 heteroatoms. The van der Waals surface area contributed by atoms with Crippen LogP contribution in [-0.4, -0.2) is 8.42 Å². The van der Waals surface area contributed by atoms with Gasteiger partial charge in [0, 0.05) is 11.1 Å². The highest BCUT2D eigenvalue weighted by molar-refractivity contribution is 7.91. The van der Waals surface area contributed by atoms with Crippen molar-refractivity contribution in [2.45, 2.75) is 87.5 Å². The van der Waals surface area contributed by atoms with Gasteiger partial charge in [-0.25, -0.2) is 8.42 Å². The first-order valence-corrected chi connectivity index (χ1v) is 15.9. The fourth-order valence-electron chi connectivity index (χ4n) is 4.82. The summed E-state index contributed by atoms with van der Waals surface area (Å²) >= 11 is 0. The highest BCUT2D eigenvalue weighted by Gasteiger charge is 2.27. The summed E-state index contributed by atoms with van der Waals surface area (Å²) in [6, 6.07) is 29.1. The van der Waals surface area contributed by atoms with Crippen molar-refractivity contribution in [3.05, 3.63) is 119 Å². The molecule has 0 fully saturated rings. The van der Waals surface area contributed by atoms with Crippen molar-refractivity contribution in [2.24, 2.45) is 11.5 Å². The van der Waals surface area contributed by atoms with Crippen LogP contribution in [0.15, 0.2) is 107 Å². The summed E-state index contributed by atoms with van der Waals surface area (Å²) in [4.78, 5) is 0.431. The minimum Gasteiger partial charge on any atom is -0.483 e. The molecule has 4 N–H and O–H groups in total. The van der Waals surface area contributed by atoms with Crippen molar-refractivity contribution in [3.63, 3.8) is 0 Å². The van der Waals surface area contributed by atoms with Crippen molar-refractivity contribution in [3.8, 4) is 11.5 Å². The van der Waals surface area contributed by atoms with E-state index in [9.17, 15) is 8.42 Å². The lowest BCUT2D eigenvalue weighted by Crippen LogP contribution is -2.28. The maximum atomic E-state index is 13.5. The lowest BCUT2D eigenvalue weighted by molar-refractivity contribution is 0.108. The normalized spacial score (nSPS) is 13.1. The van der Waals surface area contributed by atoms with Crippen LogP contribution in [0, 0.1) is 0 Å². The second kappa shape index (κ2) is 11.5. The van der Waals surface area contributed by atoms with Gasteiger partial charge in [-0.3, -0.25) is 0 Å². The summed E-state index contributed by atoms with van der Waals surface area (Å²) in [6.07, 6.45) is 0. The largest absolute Gasteiger partial charge is 0.483 e. The summed E-state index contributed by atoms with van der Waals surface area (Å²) in [5.41, 5.74) is 13.9. The van der Waals surface area contributed by atoms with Gasteiger partial charge in [0.05, 0.1) is 9.79 Å². The van der Waals surface area contributed by atoms with Crippen molar-refractivity contribution in [2.75, 3.05) is 0 Å². The van der Waals surface area contributed by atoms with Gasteiger partial charge in [-0.1, -0.05) is 48.5 Å². The number of sulfone groups is 1. The zero-order chi connectivity index (χ0) is 31.8. The van der Waals surface area contributed by atoms with Crippen LogP contribution in [0.4, 0.5) is 0 Å². The van der Waals surface area contributed by atoms with E-state index in [1.165, 1.54) is 0 Å². The van der Waals surface area contributed by atoms with Gasteiger partial charge < -0.3 is 20.9 Å². The van der Waals surface area contributed by atoms with Crippen LogP contribution in [0.5, 0.6) is 11.5 Å². The number of rotatable bonds is 10. The number of hydrogen-bond acceptors (Lipinski definition) is 6. The van der Waals surface area contributed by atoms with Crippen molar-refractivity contribution in [1.82, 2.24) is 0 Å². The van der Waals surface area contributed by atoms with E-state index in [1.54, 1.807) is 48.5 Å². The Morgan fingerprint density at radius 3 is 0.953 bits per heavy atom. The Balaban J connectivity index is 1.47. The molecule has 0 spiro atoms. The maximum Gasteiger partial charge on any atom is 0.206 e. The molecule has 0 saturated heterocycles. The first-order chi connectivity index (χ1) is 19.8. The topological polar surface area (TPSA) is 105 Å². The average molecular weight is 601 g/mol. The molecule has 6 nitrogen and oxygen atoms in total. The molecule has 228 valence electrons. The van der Waals surface area contributed by atoms with Gasteiger partial charge in [0.2, 0.25) is 9.84 Å². The zero-order valence-corrected chi connectivity index (χ0v) is 27.3. The molecule has 0 aromatic heterocycles. The monoisotopic (exact) mass is 600 g/mol. The molecule has 43 heavy (non-hydrogen) atoms. The van der Waals surface area contributed by atoms with Gasteiger partial charge in [-0.05, 0) is 126 Å². The van der Waals surface area contributed by atoms with E-state index >= 15 is 0 Å². The molecular formula is C36H44N2O4S. The van der Waals surface area contributed by atoms with Crippen LogP contribution in [0.3, 0.4) is 0 Å². The molecule has 0 bridgehead atoms. The standard InChI is InChI=1S/C36H44N2O4S/c1-33(2,37)25-9-17-29(18-10-25)41-35(5,6)27-13-21-31(22-14-27)43(39,40)32-23-15-28(16-24-32)36(7,8)42-30-19-11-26(12-20-30)34(3,4)38/h9-24H,37-38H2,1-8H3. The Bertz CT molecular complexity index is 1520. The molecule has 4 rings (SSSR count). The molecule has 4 aromatic carbocycles. The zero-order valence-electron chi connectivity index (χ0n) is 26.4. The van der Waals surface area contributed by atoms with Gasteiger partial charge in [-0.15, -0.1) is 0 Å². The summed E-state index contributed by atoms with van der Waals surface area (Å²) in [7, 11) is -3.72. The molecule has 0 aliphatic carbocycles. The van der Waals surface area contributed by atoms with Gasteiger partial charge in [0.1, 0.15) is 22.7 Å². The maximum absolute atomic E-state index is 13.5. The fraction of sp³-hybridized carbons (Fsp3) is 0.333. The first-order valence-electron chi connectivity index (χ1n) is 14.4. The second-order valence-corrected chi connectivity index (χ2v) is 15.2. The number of hydrogen-bond donors (Lipinski definition) is 2. The summed E-state index contributed by atoms with van der Waals surface area (Å²) in [6.45, 7) is 15.6. The van der Waals surface area contributed by atoms with E-state index in [1.807, 2.05) is 104 Å². The van der Waals surface area contributed by atoms with Crippen molar-refractivity contribution >= 4 is 9.84 Å². The van der Waals surface area contributed by atoms with Crippen molar-refractivity contribution < 1.29 is 17.9 Å². The third-order valence-corrected chi connectivity index (χ3v) is 9.45. The van der Waals surface area contributed by atoms with Crippen LogP contribution in [0.1, 0.15) is 77.6 Å². The van der Waals surface area contributed by atoms with Crippen LogP contribution in [0.2, 0.25) is 0 Å². The summed E-state index contributed by atoms with van der Waals surface area (Å²) in [5.74, 6) is 1.41. The van der Waals surface area contributed by atoms with Gasteiger partial charge in [-0.2, -0.15) is 0 Å². The highest BCUT2D eigenvalue weighted by atomic mass is 32.2. The average Bonchev–Trinajstić information content (AvgIpc) is 2.92. The van der Waals surface area contributed by atoms with E-state index in [2.05, 4.69) is 0 Å². The Morgan fingerprint density at radius 2 is 0.698 bits per heavy atom. The number of benzene rings is 4. The molecule has 0 atom stereocenters. The molecule has 0 saturated carbocycles. The van der Waals surface area contributed by atoms with Crippen LogP contribution in [0.25, 0.3) is 0 Å². The molecule has 0 unspecified atom stereocenters. The quantitative estimate of drug-likeness (QED) is 0.195. The van der Waals surface area contributed by atoms with Crippen LogP contribution < -0.4 is 20.9 Å². The Morgan fingerprint density at radius 1 is 0.442 bits per heavy atom. The molecule has 0 heterocycles. The van der Waals surface area contributed by atoms with Crippen LogP contribution >= 0.6 is 0 Å². The molecular weight excluding hydrogens is 556 g/mol. The van der Waals surface area contributed by atoms with Crippen molar-refractivity contribution in [1.29, 1.82) is 0 Å². The summed E-state index contributed by atoms with van der Waals surface area (Å²) < 4.78 is 39.5. The minimum absolute atomic E-state index is 0.216. The first kappa shape index (κ1) is 32.3. The Labute approximate surface area is 257 Å². The Kier molecular flexibility index (Phi) is 8.59. The minimum atomic E-state index is -3.72. The fourth-order valence-corrected chi connectivity index (χ4v) is 6.08. The van der Waals surface area contributed by atoms with E-state index < -0.39 is 32.1 Å². The molecule has 0 radical (unpaired) electrons. The third-order valence-electron chi connectivity index (χ3n) is 7.66. The lowest BCUT2D eigenvalue weighted by Gasteiger charge is -2.28. The van der Waals surface area contributed by atoms with Gasteiger partial charge >= 0.3 is 0 Å². The predicted molar refractivity (Wildman–Crippen MR) is 173 cm³/mol. The van der Waals surface area contributed by atoms with E-state index in [0.29, 0.717) is 11.5 Å². The smallest absolute Gasteiger partial charge is 0.206 e. The molecule has 0 aliphatic rings. The predicted octanol–water partition coefficient (Wildman–Crippen LogP) is 7.54. The number of nitrogens with two attached hydrogens (primary N) is 2. The van der Waals surface area contributed by atoms with E-state index in [-0.39, 0.29) is 9.79 Å². The second-order valence-electron chi connectivity index (χ2n) is 13.3. The highest BCUT2D eigenvalue weighted by Crippen LogP contribution is 2.33. The molecule has 0 aliphatic heterocycles. The number of ether oxygens (including phenoxy) is 2. The lowest BCUT2D eigenvalue weighted by atomic mass is 9.95. The Hall–Kier alpha value is -3.65. The van der Waals surface area contributed by atoms with Gasteiger partial charge in [0.15, 0.2) is 0 Å². The van der Waals surface area contributed by atoms with E-state index in [4.69, 9.17) is 20.9 Å². The summed E-state index contributed by atoms with van der Waals surface area (Å²) in [5, 5.41) is 0. The SMILES string of the molecule is CC(C)(N)c1ccc(OC(C)(C)c2ccc(S(=O)(=O)c3ccc(C(C)(C)Oc4ccc(C(C)(C)N)cc4)cc3)cc2)cc1.